The highest BCUT2D eigenvalue weighted by molar-refractivity contribution is 7.10. The van der Waals surface area contributed by atoms with Crippen molar-refractivity contribution in [2.75, 3.05) is 19.6 Å². The Morgan fingerprint density at radius 3 is 2.64 bits per heavy atom. The summed E-state index contributed by atoms with van der Waals surface area (Å²) in [5.41, 5.74) is -0.0834. The van der Waals surface area contributed by atoms with Crippen LogP contribution < -0.4 is 5.32 Å². The third-order valence-corrected chi connectivity index (χ3v) is 7.63. The fraction of sp³-hybridized carbons (Fsp3) is 0.727. The van der Waals surface area contributed by atoms with Gasteiger partial charge in [-0.25, -0.2) is 0 Å². The number of likely N-dealkylation sites (tertiary alicyclic amines) is 1. The lowest BCUT2D eigenvalue weighted by atomic mass is 9.88. The summed E-state index contributed by atoms with van der Waals surface area (Å²) >= 11 is 1.65. The summed E-state index contributed by atoms with van der Waals surface area (Å²) in [4.78, 5) is 28.0. The van der Waals surface area contributed by atoms with Crippen LogP contribution in [0.1, 0.15) is 62.7 Å². The van der Waals surface area contributed by atoms with Crippen molar-refractivity contribution >= 4 is 23.2 Å². The monoisotopic (exact) mass is 404 g/mol. The zero-order chi connectivity index (χ0) is 19.4. The van der Waals surface area contributed by atoms with Gasteiger partial charge >= 0.3 is 0 Å². The predicted molar refractivity (Wildman–Crippen MR) is 110 cm³/mol. The van der Waals surface area contributed by atoms with Crippen molar-refractivity contribution in [1.29, 1.82) is 0 Å². The number of carbonyl (C=O) groups excluding carboxylic acids is 2. The predicted octanol–water partition coefficient (Wildman–Crippen LogP) is 3.53. The molecule has 0 aromatic carbocycles. The van der Waals surface area contributed by atoms with Crippen molar-refractivity contribution in [1.82, 2.24) is 10.2 Å². The number of amides is 2. The Kier molecular flexibility index (Phi) is 6.36. The maximum absolute atomic E-state index is 12.5. The Morgan fingerprint density at radius 2 is 1.93 bits per heavy atom. The highest BCUT2D eigenvalue weighted by atomic mass is 32.1. The second-order valence-corrected chi connectivity index (χ2v) is 9.71. The maximum Gasteiger partial charge on any atom is 0.227 e. The molecule has 1 aromatic rings. The molecular weight excluding hydrogens is 372 g/mol. The molecule has 1 aromatic heterocycles. The van der Waals surface area contributed by atoms with Gasteiger partial charge in [0, 0.05) is 30.4 Å². The van der Waals surface area contributed by atoms with Crippen LogP contribution in [0, 0.1) is 5.92 Å². The molecule has 5 nitrogen and oxygen atoms in total. The molecular formula is C22H32N2O3S. The van der Waals surface area contributed by atoms with E-state index >= 15 is 0 Å². The zero-order valence-corrected chi connectivity index (χ0v) is 17.5. The van der Waals surface area contributed by atoms with Gasteiger partial charge < -0.3 is 15.0 Å². The Balaban J connectivity index is 1.20. The molecule has 1 N–H and O–H groups in total. The SMILES string of the molecule is O=C(NC[C@@H]1CCC2(CCN(C(=O)Cc3cccs3)CC2)O1)C1CCCCC1. The molecule has 0 unspecified atom stereocenters. The third kappa shape index (κ3) is 4.77. The highest BCUT2D eigenvalue weighted by Gasteiger charge is 2.43. The smallest absolute Gasteiger partial charge is 0.227 e. The van der Waals surface area contributed by atoms with Crippen molar-refractivity contribution in [3.63, 3.8) is 0 Å². The molecule has 6 heteroatoms. The molecule has 1 saturated carbocycles. The first-order valence-corrected chi connectivity index (χ1v) is 11.8. The second-order valence-electron chi connectivity index (χ2n) is 8.68. The molecule has 3 fully saturated rings. The minimum absolute atomic E-state index is 0.0834. The van der Waals surface area contributed by atoms with Gasteiger partial charge in [0.2, 0.25) is 11.8 Å². The summed E-state index contributed by atoms with van der Waals surface area (Å²) in [7, 11) is 0. The van der Waals surface area contributed by atoms with Crippen LogP contribution in [0.2, 0.25) is 0 Å². The third-order valence-electron chi connectivity index (χ3n) is 6.75. The molecule has 1 spiro atoms. The van der Waals surface area contributed by atoms with Crippen LogP contribution in [0.5, 0.6) is 0 Å². The molecule has 2 saturated heterocycles. The van der Waals surface area contributed by atoms with Crippen molar-refractivity contribution in [3.8, 4) is 0 Å². The standard InChI is InChI=1S/C22H32N2O3S/c25-20(15-19-7-4-14-28-19)24-12-10-22(11-13-24)9-8-18(27-22)16-23-21(26)17-5-2-1-3-6-17/h4,7,14,17-18H,1-3,5-6,8-13,15-16H2,(H,23,26)/t18-/m0/s1. The minimum atomic E-state index is -0.0834. The zero-order valence-electron chi connectivity index (χ0n) is 16.7. The van der Waals surface area contributed by atoms with E-state index in [1.54, 1.807) is 11.3 Å². The maximum atomic E-state index is 12.5. The van der Waals surface area contributed by atoms with E-state index in [-0.39, 0.29) is 29.4 Å². The summed E-state index contributed by atoms with van der Waals surface area (Å²) in [6, 6.07) is 4.03. The van der Waals surface area contributed by atoms with E-state index in [0.29, 0.717) is 13.0 Å². The van der Waals surface area contributed by atoms with Crippen LogP contribution in [-0.2, 0) is 20.7 Å². The average molecular weight is 405 g/mol. The number of hydrogen-bond acceptors (Lipinski definition) is 4. The van der Waals surface area contributed by atoms with Gasteiger partial charge in [-0.2, -0.15) is 0 Å². The molecule has 3 heterocycles. The van der Waals surface area contributed by atoms with Gasteiger partial charge in [0.05, 0.1) is 18.1 Å². The normalized spacial score (nSPS) is 25.1. The molecule has 0 bridgehead atoms. The Labute approximate surface area is 171 Å². The number of ether oxygens (including phenoxy) is 1. The summed E-state index contributed by atoms with van der Waals surface area (Å²) in [5.74, 6) is 0.659. The minimum Gasteiger partial charge on any atom is -0.370 e. The summed E-state index contributed by atoms with van der Waals surface area (Å²) in [6.07, 6.45) is 10.2. The van der Waals surface area contributed by atoms with Gasteiger partial charge in [0.25, 0.3) is 0 Å². The number of rotatable bonds is 5. The first-order chi connectivity index (χ1) is 13.6. The van der Waals surface area contributed by atoms with Crippen molar-refractivity contribution < 1.29 is 14.3 Å². The van der Waals surface area contributed by atoms with E-state index in [1.165, 1.54) is 19.3 Å². The molecule has 154 valence electrons. The number of hydrogen-bond donors (Lipinski definition) is 1. The van der Waals surface area contributed by atoms with Crippen molar-refractivity contribution in [2.24, 2.45) is 5.92 Å². The molecule has 2 amide bonds. The molecule has 28 heavy (non-hydrogen) atoms. The van der Waals surface area contributed by atoms with Gasteiger partial charge in [-0.15, -0.1) is 11.3 Å². The largest absolute Gasteiger partial charge is 0.370 e. The van der Waals surface area contributed by atoms with E-state index in [1.807, 2.05) is 22.4 Å². The average Bonchev–Trinajstić information content (AvgIpc) is 3.38. The molecule has 1 aliphatic carbocycles. The van der Waals surface area contributed by atoms with Crippen LogP contribution in [0.4, 0.5) is 0 Å². The lowest BCUT2D eigenvalue weighted by Gasteiger charge is -2.39. The molecule has 4 rings (SSSR count). The van der Waals surface area contributed by atoms with Gasteiger partial charge in [0.15, 0.2) is 0 Å². The van der Waals surface area contributed by atoms with Crippen molar-refractivity contribution in [3.05, 3.63) is 22.4 Å². The number of piperidine rings is 1. The van der Waals surface area contributed by atoms with Gasteiger partial charge in [-0.3, -0.25) is 9.59 Å². The Hall–Kier alpha value is -1.40. The second kappa shape index (κ2) is 8.95. The van der Waals surface area contributed by atoms with E-state index in [2.05, 4.69) is 5.32 Å². The Morgan fingerprint density at radius 1 is 1.14 bits per heavy atom. The topological polar surface area (TPSA) is 58.6 Å². The van der Waals surface area contributed by atoms with Crippen LogP contribution in [0.25, 0.3) is 0 Å². The van der Waals surface area contributed by atoms with E-state index < -0.39 is 0 Å². The quantitative estimate of drug-likeness (QED) is 0.817. The summed E-state index contributed by atoms with van der Waals surface area (Å²) < 4.78 is 6.41. The molecule has 1 atom stereocenters. The van der Waals surface area contributed by atoms with E-state index in [4.69, 9.17) is 4.74 Å². The van der Waals surface area contributed by atoms with Gasteiger partial charge in [0.1, 0.15) is 0 Å². The lowest BCUT2D eigenvalue weighted by Crippen LogP contribution is -2.47. The first-order valence-electron chi connectivity index (χ1n) is 10.9. The van der Waals surface area contributed by atoms with E-state index in [0.717, 1.165) is 56.5 Å². The van der Waals surface area contributed by atoms with Crippen molar-refractivity contribution in [2.45, 2.75) is 75.9 Å². The van der Waals surface area contributed by atoms with Crippen LogP contribution in [0.15, 0.2) is 17.5 Å². The number of nitrogens with zero attached hydrogens (tertiary/aromatic N) is 1. The Bertz CT molecular complexity index is 661. The van der Waals surface area contributed by atoms with Gasteiger partial charge in [-0.1, -0.05) is 25.3 Å². The number of carbonyl (C=O) groups is 2. The van der Waals surface area contributed by atoms with Gasteiger partial charge in [-0.05, 0) is 50.0 Å². The van der Waals surface area contributed by atoms with E-state index in [9.17, 15) is 9.59 Å². The highest BCUT2D eigenvalue weighted by Crippen LogP contribution is 2.39. The fourth-order valence-electron chi connectivity index (χ4n) is 4.97. The molecule has 2 aliphatic heterocycles. The van der Waals surface area contributed by atoms with Crippen LogP contribution in [-0.4, -0.2) is 48.1 Å². The van der Waals surface area contributed by atoms with Crippen LogP contribution in [0.3, 0.4) is 0 Å². The molecule has 0 radical (unpaired) electrons. The lowest BCUT2D eigenvalue weighted by molar-refractivity contribution is -0.137. The first kappa shape index (κ1) is 19.9. The summed E-state index contributed by atoms with van der Waals surface area (Å²) in [5, 5.41) is 5.16. The number of nitrogens with one attached hydrogen (secondary N) is 1. The molecule has 3 aliphatic rings. The fourth-order valence-corrected chi connectivity index (χ4v) is 5.66. The summed E-state index contributed by atoms with van der Waals surface area (Å²) in [6.45, 7) is 2.20. The van der Waals surface area contributed by atoms with Crippen LogP contribution >= 0.6 is 11.3 Å². The number of thiophene rings is 1.